The van der Waals surface area contributed by atoms with E-state index in [1.54, 1.807) is 11.8 Å². The molecule has 1 amide bonds. The van der Waals surface area contributed by atoms with Crippen LogP contribution in [0.1, 0.15) is 82.5 Å². The van der Waals surface area contributed by atoms with Crippen LogP contribution in [0.15, 0.2) is 15.6 Å². The first-order valence-electron chi connectivity index (χ1n) is 9.23. The van der Waals surface area contributed by atoms with Crippen molar-refractivity contribution in [2.45, 2.75) is 52.4 Å². The lowest BCUT2D eigenvalue weighted by atomic mass is 9.79. The Morgan fingerprint density at radius 2 is 1.64 bits per heavy atom. The molecule has 1 saturated heterocycles. The van der Waals surface area contributed by atoms with Gasteiger partial charge in [0.15, 0.2) is 11.5 Å². The summed E-state index contributed by atoms with van der Waals surface area (Å²) in [6.07, 6.45) is 5.02. The van der Waals surface area contributed by atoms with Gasteiger partial charge >= 0.3 is 0 Å². The van der Waals surface area contributed by atoms with Crippen molar-refractivity contribution < 1.29 is 18.8 Å². The molecule has 2 aliphatic carbocycles. The Morgan fingerprint density at radius 1 is 1.04 bits per heavy atom. The van der Waals surface area contributed by atoms with E-state index < -0.39 is 0 Å². The highest BCUT2D eigenvalue weighted by molar-refractivity contribution is 6.29. The van der Waals surface area contributed by atoms with E-state index in [-0.39, 0.29) is 28.8 Å². The third-order valence-electron chi connectivity index (χ3n) is 5.82. The Morgan fingerprint density at radius 3 is 2.28 bits per heavy atom. The molecule has 1 aromatic heterocycles. The molecular formula is C20H23NO4. The Bertz CT molecular complexity index is 806. The number of aryl methyl sites for hydroxylation is 1. The van der Waals surface area contributed by atoms with E-state index >= 15 is 0 Å². The van der Waals surface area contributed by atoms with Crippen molar-refractivity contribution >= 4 is 17.5 Å². The third kappa shape index (κ3) is 2.48. The molecule has 3 aliphatic rings. The van der Waals surface area contributed by atoms with Gasteiger partial charge in [-0.25, -0.2) is 0 Å². The average molecular weight is 341 g/mol. The number of likely N-dealkylation sites (tertiary alicyclic amines) is 1. The van der Waals surface area contributed by atoms with Crippen molar-refractivity contribution in [3.8, 4) is 0 Å². The number of carbonyl (C=O) groups excluding carboxylic acids is 3. The normalized spacial score (nSPS) is 21.4. The first kappa shape index (κ1) is 16.3. The first-order chi connectivity index (χ1) is 12.0. The molecule has 0 unspecified atom stereocenters. The fraction of sp³-hybridized carbons (Fsp3) is 0.550. The number of nitrogens with zero attached hydrogens (tertiary/aromatic N) is 1. The zero-order valence-electron chi connectivity index (χ0n) is 14.8. The Kier molecular flexibility index (Phi) is 3.89. The number of carbonyl (C=O) groups is 3. The summed E-state index contributed by atoms with van der Waals surface area (Å²) in [4.78, 5) is 40.7. The summed E-state index contributed by atoms with van der Waals surface area (Å²) in [6.45, 7) is 5.24. The highest BCUT2D eigenvalue weighted by atomic mass is 16.4. The minimum Gasteiger partial charge on any atom is -0.456 e. The molecule has 0 atom stereocenters. The van der Waals surface area contributed by atoms with Gasteiger partial charge < -0.3 is 9.32 Å². The number of rotatable bonds is 1. The van der Waals surface area contributed by atoms with Crippen molar-refractivity contribution in [3.05, 3.63) is 33.8 Å². The molecular weight excluding hydrogens is 318 g/mol. The lowest BCUT2D eigenvalue weighted by Crippen LogP contribution is -2.39. The van der Waals surface area contributed by atoms with Crippen molar-refractivity contribution in [2.75, 3.05) is 13.1 Å². The summed E-state index contributed by atoms with van der Waals surface area (Å²) in [5.41, 5.74) is 1.72. The van der Waals surface area contributed by atoms with Crippen LogP contribution >= 0.6 is 0 Å². The van der Waals surface area contributed by atoms with Crippen LogP contribution in [0.3, 0.4) is 0 Å². The maximum Gasteiger partial charge on any atom is 0.258 e. The molecule has 132 valence electrons. The number of ketones is 2. The van der Waals surface area contributed by atoms with Gasteiger partial charge in [-0.3, -0.25) is 14.4 Å². The standard InChI is InChI=1S/C20H23NO4/c1-11-7-9-21(10-8-11)20(24)15-12(2)25-19-16(15)17(22)13-5-3-4-6-14(13)18(19)23/h11H,3-10H2,1-2H3. The van der Waals surface area contributed by atoms with Crippen LogP contribution in [-0.2, 0) is 0 Å². The van der Waals surface area contributed by atoms with Crippen LogP contribution in [-0.4, -0.2) is 35.5 Å². The summed E-state index contributed by atoms with van der Waals surface area (Å²) >= 11 is 0. The predicted molar refractivity (Wildman–Crippen MR) is 91.9 cm³/mol. The highest BCUT2D eigenvalue weighted by Gasteiger charge is 2.41. The fourth-order valence-electron chi connectivity index (χ4n) is 4.24. The Hall–Kier alpha value is -2.17. The van der Waals surface area contributed by atoms with Gasteiger partial charge in [-0.2, -0.15) is 0 Å². The van der Waals surface area contributed by atoms with Crippen LogP contribution in [0.5, 0.6) is 0 Å². The number of hydrogen-bond donors (Lipinski definition) is 0. The molecule has 2 heterocycles. The lowest BCUT2D eigenvalue weighted by Gasteiger charge is -2.30. The topological polar surface area (TPSA) is 67.6 Å². The zero-order chi connectivity index (χ0) is 17.7. The van der Waals surface area contributed by atoms with Gasteiger partial charge in [0, 0.05) is 24.2 Å². The number of hydrogen-bond acceptors (Lipinski definition) is 4. The van der Waals surface area contributed by atoms with Crippen LogP contribution in [0.25, 0.3) is 0 Å². The fourth-order valence-corrected chi connectivity index (χ4v) is 4.24. The third-order valence-corrected chi connectivity index (χ3v) is 5.82. The van der Waals surface area contributed by atoms with Gasteiger partial charge in [0.25, 0.3) is 5.91 Å². The smallest absolute Gasteiger partial charge is 0.258 e. The summed E-state index contributed by atoms with van der Waals surface area (Å²) in [7, 11) is 0. The van der Waals surface area contributed by atoms with Gasteiger partial charge in [0.2, 0.25) is 5.78 Å². The van der Waals surface area contributed by atoms with Crippen molar-refractivity contribution in [3.63, 3.8) is 0 Å². The van der Waals surface area contributed by atoms with Gasteiger partial charge in [-0.1, -0.05) is 6.92 Å². The number of Topliss-reactive ketones (excluding diaryl/α,β-unsaturated/α-hetero) is 2. The van der Waals surface area contributed by atoms with Crippen LogP contribution in [0.2, 0.25) is 0 Å². The van der Waals surface area contributed by atoms with Gasteiger partial charge in [-0.05, 0) is 51.4 Å². The van der Waals surface area contributed by atoms with E-state index in [2.05, 4.69) is 6.92 Å². The van der Waals surface area contributed by atoms with E-state index in [1.807, 2.05) is 0 Å². The van der Waals surface area contributed by atoms with E-state index in [0.717, 1.165) is 25.7 Å². The zero-order valence-corrected chi connectivity index (χ0v) is 14.8. The Balaban J connectivity index is 1.75. The first-order valence-corrected chi connectivity index (χ1v) is 9.23. The van der Waals surface area contributed by atoms with Gasteiger partial charge in [-0.15, -0.1) is 0 Å². The number of piperidine rings is 1. The molecule has 1 fully saturated rings. The van der Waals surface area contributed by atoms with Gasteiger partial charge in [0.1, 0.15) is 5.76 Å². The highest BCUT2D eigenvalue weighted by Crippen LogP contribution is 2.39. The number of furan rings is 1. The van der Waals surface area contributed by atoms with Gasteiger partial charge in [0.05, 0.1) is 11.1 Å². The van der Waals surface area contributed by atoms with Crippen molar-refractivity contribution in [2.24, 2.45) is 5.92 Å². The SMILES string of the molecule is Cc1oc2c(c1C(=O)N1CCC(C)CC1)C(=O)C1=C(CCCC1)C2=O. The molecule has 1 aliphatic heterocycles. The maximum absolute atomic E-state index is 13.1. The monoisotopic (exact) mass is 341 g/mol. The van der Waals surface area contributed by atoms with Crippen LogP contribution in [0.4, 0.5) is 0 Å². The van der Waals surface area contributed by atoms with E-state index in [0.29, 0.717) is 54.3 Å². The second-order valence-electron chi connectivity index (χ2n) is 7.53. The second-order valence-corrected chi connectivity index (χ2v) is 7.53. The summed E-state index contributed by atoms with van der Waals surface area (Å²) in [5, 5.41) is 0. The number of fused-ring (bicyclic) bond motifs is 1. The molecule has 0 bridgehead atoms. The molecule has 4 rings (SSSR count). The molecule has 0 spiro atoms. The minimum absolute atomic E-state index is 0.0804. The molecule has 5 heteroatoms. The van der Waals surface area contributed by atoms with E-state index in [4.69, 9.17) is 4.42 Å². The van der Waals surface area contributed by atoms with Crippen molar-refractivity contribution in [1.82, 2.24) is 4.90 Å². The van der Waals surface area contributed by atoms with Crippen molar-refractivity contribution in [1.29, 1.82) is 0 Å². The number of amides is 1. The van der Waals surface area contributed by atoms with Crippen LogP contribution < -0.4 is 0 Å². The molecule has 0 N–H and O–H groups in total. The van der Waals surface area contributed by atoms with E-state index in [9.17, 15) is 14.4 Å². The second kappa shape index (κ2) is 5.97. The van der Waals surface area contributed by atoms with Crippen LogP contribution in [0, 0.1) is 12.8 Å². The number of allylic oxidation sites excluding steroid dienone is 2. The quantitative estimate of drug-likeness (QED) is 0.781. The maximum atomic E-state index is 13.1. The van der Waals surface area contributed by atoms with E-state index in [1.165, 1.54) is 0 Å². The Labute approximate surface area is 147 Å². The molecule has 0 aromatic carbocycles. The minimum atomic E-state index is -0.196. The molecule has 25 heavy (non-hydrogen) atoms. The average Bonchev–Trinajstić information content (AvgIpc) is 2.97. The summed E-state index contributed by atoms with van der Waals surface area (Å²) < 4.78 is 5.65. The largest absolute Gasteiger partial charge is 0.456 e. The molecule has 0 radical (unpaired) electrons. The molecule has 5 nitrogen and oxygen atoms in total. The summed E-state index contributed by atoms with van der Waals surface area (Å²) in [5.74, 6) is 0.539. The molecule has 0 saturated carbocycles. The lowest BCUT2D eigenvalue weighted by molar-refractivity contribution is 0.0692. The molecule has 1 aromatic rings. The predicted octanol–water partition coefficient (Wildman–Crippen LogP) is 3.71. The summed E-state index contributed by atoms with van der Waals surface area (Å²) in [6, 6.07) is 0.